The van der Waals surface area contributed by atoms with Crippen LogP contribution in [0.4, 0.5) is 0 Å². The summed E-state index contributed by atoms with van der Waals surface area (Å²) in [6.07, 6.45) is 55.7. The Morgan fingerprint density at radius 1 is 0.477 bits per heavy atom. The normalized spacial score (nSPS) is 13.3. The fourth-order valence-electron chi connectivity index (χ4n) is 7.22. The molecule has 0 aliphatic rings. The van der Waals surface area contributed by atoms with Crippen LogP contribution in [0.2, 0.25) is 0 Å². The number of unbranched alkanes of at least 4 members (excludes halogenated alkanes) is 23. The van der Waals surface area contributed by atoms with Crippen molar-refractivity contribution in [1.29, 1.82) is 0 Å². The molecule has 0 rings (SSSR count). The van der Waals surface area contributed by atoms with Crippen molar-refractivity contribution in [3.63, 3.8) is 0 Å². The zero-order valence-corrected chi connectivity index (χ0v) is 42.6. The third-order valence-corrected chi connectivity index (χ3v) is 11.3. The molecular formula is C56H100NO8+. The summed E-state index contributed by atoms with van der Waals surface area (Å²) in [7, 11) is 5.96. The number of carbonyl (C=O) groups is 3. The van der Waals surface area contributed by atoms with E-state index in [1.165, 1.54) is 109 Å². The highest BCUT2D eigenvalue weighted by Gasteiger charge is 2.25. The number of hydrogen-bond donors (Lipinski definition) is 1. The Morgan fingerprint density at radius 3 is 1.31 bits per heavy atom. The molecule has 2 atom stereocenters. The van der Waals surface area contributed by atoms with Crippen LogP contribution in [0.15, 0.2) is 60.8 Å². The topological polar surface area (TPSA) is 108 Å². The fraction of sp³-hybridized carbons (Fsp3) is 0.768. The number of carboxylic acids is 1. The van der Waals surface area contributed by atoms with Crippen molar-refractivity contribution >= 4 is 17.9 Å². The van der Waals surface area contributed by atoms with Gasteiger partial charge in [-0.3, -0.25) is 9.59 Å². The van der Waals surface area contributed by atoms with Crippen molar-refractivity contribution in [1.82, 2.24) is 0 Å². The molecule has 1 N–H and O–H groups in total. The second kappa shape index (κ2) is 47.5. The number of esters is 2. The molecule has 376 valence electrons. The molecule has 0 spiro atoms. The maximum absolute atomic E-state index is 12.8. The van der Waals surface area contributed by atoms with E-state index in [9.17, 15) is 19.5 Å². The Hall–Kier alpha value is -3.01. The Bertz CT molecular complexity index is 1250. The van der Waals surface area contributed by atoms with Crippen LogP contribution in [-0.2, 0) is 33.3 Å². The lowest BCUT2D eigenvalue weighted by Gasteiger charge is -2.25. The summed E-state index contributed by atoms with van der Waals surface area (Å²) in [4.78, 5) is 37.3. The first-order valence-corrected chi connectivity index (χ1v) is 26.5. The zero-order chi connectivity index (χ0) is 47.7. The molecular weight excluding hydrogens is 815 g/mol. The SMILES string of the molecule is CC/C=C\C/C=C\C/C=C\C/C=C\C/C=C\CCCCCCCCCCCC(=O)OC(COC(=O)CCCCCCCCCCCCCCCCC)COC(OCC[N+](C)(C)C)C(=O)O. The fourth-order valence-corrected chi connectivity index (χ4v) is 7.22. The first kappa shape index (κ1) is 62.0. The van der Waals surface area contributed by atoms with Crippen molar-refractivity contribution in [2.75, 3.05) is 47.5 Å². The molecule has 0 aromatic heterocycles. The van der Waals surface area contributed by atoms with Crippen LogP contribution in [0.25, 0.3) is 0 Å². The average Bonchev–Trinajstić information content (AvgIpc) is 3.27. The number of carboxylic acid groups (broad SMARTS) is 1. The van der Waals surface area contributed by atoms with Crippen molar-refractivity contribution in [2.24, 2.45) is 0 Å². The van der Waals surface area contributed by atoms with E-state index < -0.39 is 24.3 Å². The molecule has 0 saturated heterocycles. The van der Waals surface area contributed by atoms with E-state index in [0.29, 0.717) is 23.9 Å². The highest BCUT2D eigenvalue weighted by Crippen LogP contribution is 2.16. The number of allylic oxidation sites excluding steroid dienone is 10. The average molecular weight is 915 g/mol. The standard InChI is InChI=1S/C56H99NO8/c1-6-8-10-12-14-16-18-20-22-23-24-25-26-27-28-29-30-31-33-35-37-39-41-43-45-47-54(59)65-52(51-64-56(55(60)61)62-49-48-57(3,4)5)50-63-53(58)46-44-42-40-38-36-34-32-21-19-17-15-13-11-9-7-2/h8,10,14,16,20,22,24-25,27-28,52,56H,6-7,9,11-13,15,17-19,21,23,26,29-51H2,1-5H3/p+1/b10-8-,16-14-,22-20-,25-24-,28-27-. The molecule has 0 aromatic carbocycles. The van der Waals surface area contributed by atoms with Crippen LogP contribution in [0.1, 0.15) is 219 Å². The number of hydrogen-bond acceptors (Lipinski definition) is 7. The number of carbonyl (C=O) groups excluding carboxylic acids is 2. The quantitative estimate of drug-likeness (QED) is 0.0211. The van der Waals surface area contributed by atoms with Crippen molar-refractivity contribution in [2.45, 2.75) is 232 Å². The lowest BCUT2D eigenvalue weighted by atomic mass is 10.0. The number of nitrogens with zero attached hydrogens (tertiary/aromatic N) is 1. The molecule has 0 aliphatic heterocycles. The molecule has 2 unspecified atom stereocenters. The van der Waals surface area contributed by atoms with Crippen LogP contribution in [0, 0.1) is 0 Å². The van der Waals surface area contributed by atoms with Crippen LogP contribution < -0.4 is 0 Å². The van der Waals surface area contributed by atoms with Gasteiger partial charge in [-0.05, 0) is 57.8 Å². The number of aliphatic carboxylic acids is 1. The first-order chi connectivity index (χ1) is 31.6. The maximum atomic E-state index is 12.8. The third kappa shape index (κ3) is 48.7. The van der Waals surface area contributed by atoms with Gasteiger partial charge in [-0.15, -0.1) is 0 Å². The summed E-state index contributed by atoms with van der Waals surface area (Å²) < 4.78 is 22.8. The Labute approximate surface area is 399 Å². The minimum atomic E-state index is -1.51. The Balaban J connectivity index is 4.30. The van der Waals surface area contributed by atoms with Gasteiger partial charge in [0.1, 0.15) is 13.2 Å². The van der Waals surface area contributed by atoms with Crippen molar-refractivity contribution < 1.29 is 42.9 Å². The smallest absolute Gasteiger partial charge is 0.361 e. The molecule has 0 heterocycles. The largest absolute Gasteiger partial charge is 0.477 e. The molecule has 0 aliphatic carbocycles. The predicted octanol–water partition coefficient (Wildman–Crippen LogP) is 14.9. The van der Waals surface area contributed by atoms with Crippen molar-refractivity contribution in [3.8, 4) is 0 Å². The van der Waals surface area contributed by atoms with Crippen LogP contribution >= 0.6 is 0 Å². The van der Waals surface area contributed by atoms with E-state index in [1.807, 2.05) is 21.1 Å². The molecule has 0 radical (unpaired) electrons. The van der Waals surface area contributed by atoms with E-state index in [0.717, 1.165) is 77.0 Å². The second-order valence-corrected chi connectivity index (χ2v) is 18.8. The van der Waals surface area contributed by atoms with Gasteiger partial charge < -0.3 is 28.5 Å². The summed E-state index contributed by atoms with van der Waals surface area (Å²) in [5, 5.41) is 9.67. The predicted molar refractivity (Wildman–Crippen MR) is 272 cm³/mol. The molecule has 0 aromatic rings. The van der Waals surface area contributed by atoms with Crippen LogP contribution in [0.5, 0.6) is 0 Å². The van der Waals surface area contributed by atoms with E-state index >= 15 is 0 Å². The summed E-state index contributed by atoms with van der Waals surface area (Å²) in [5.41, 5.74) is 0. The minimum absolute atomic E-state index is 0.184. The summed E-state index contributed by atoms with van der Waals surface area (Å²) >= 11 is 0. The lowest BCUT2D eigenvalue weighted by Crippen LogP contribution is -2.40. The van der Waals surface area contributed by atoms with Gasteiger partial charge in [-0.2, -0.15) is 0 Å². The van der Waals surface area contributed by atoms with Crippen molar-refractivity contribution in [3.05, 3.63) is 60.8 Å². The molecule has 0 saturated carbocycles. The van der Waals surface area contributed by atoms with Gasteiger partial charge in [0, 0.05) is 12.8 Å². The molecule has 0 fully saturated rings. The van der Waals surface area contributed by atoms with Crippen LogP contribution in [-0.4, -0.2) is 87.4 Å². The minimum Gasteiger partial charge on any atom is -0.477 e. The zero-order valence-electron chi connectivity index (χ0n) is 42.6. The summed E-state index contributed by atoms with van der Waals surface area (Å²) in [5.74, 6) is -2.01. The molecule has 0 amide bonds. The van der Waals surface area contributed by atoms with Gasteiger partial charge in [0.05, 0.1) is 34.4 Å². The number of rotatable bonds is 48. The highest BCUT2D eigenvalue weighted by atomic mass is 16.7. The van der Waals surface area contributed by atoms with E-state index in [1.54, 1.807) is 0 Å². The van der Waals surface area contributed by atoms with Gasteiger partial charge >= 0.3 is 17.9 Å². The second-order valence-electron chi connectivity index (χ2n) is 18.8. The van der Waals surface area contributed by atoms with E-state index in [2.05, 4.69) is 74.6 Å². The number of likely N-dealkylation sites (N-methyl/N-ethyl adjacent to an activating group) is 1. The highest BCUT2D eigenvalue weighted by molar-refractivity contribution is 5.71. The molecule has 9 heteroatoms. The number of ether oxygens (including phenoxy) is 4. The van der Waals surface area contributed by atoms with Gasteiger partial charge in [0.15, 0.2) is 6.10 Å². The first-order valence-electron chi connectivity index (χ1n) is 26.5. The third-order valence-electron chi connectivity index (χ3n) is 11.3. The molecule has 9 nitrogen and oxygen atoms in total. The Morgan fingerprint density at radius 2 is 0.877 bits per heavy atom. The monoisotopic (exact) mass is 915 g/mol. The van der Waals surface area contributed by atoms with Gasteiger partial charge in [0.25, 0.3) is 6.29 Å². The number of quaternary nitrogens is 1. The lowest BCUT2D eigenvalue weighted by molar-refractivity contribution is -0.870. The maximum Gasteiger partial charge on any atom is 0.361 e. The summed E-state index contributed by atoms with van der Waals surface area (Å²) in [6, 6.07) is 0. The Kier molecular flexibility index (Phi) is 45.3. The van der Waals surface area contributed by atoms with Crippen LogP contribution in [0.3, 0.4) is 0 Å². The summed E-state index contributed by atoms with van der Waals surface area (Å²) in [6.45, 7) is 4.77. The van der Waals surface area contributed by atoms with Gasteiger partial charge in [-0.25, -0.2) is 4.79 Å². The molecule has 65 heavy (non-hydrogen) atoms. The van der Waals surface area contributed by atoms with Gasteiger partial charge in [-0.1, -0.05) is 209 Å². The van der Waals surface area contributed by atoms with E-state index in [4.69, 9.17) is 18.9 Å². The molecule has 0 bridgehead atoms. The van der Waals surface area contributed by atoms with E-state index in [-0.39, 0.29) is 32.2 Å². The van der Waals surface area contributed by atoms with Gasteiger partial charge in [0.2, 0.25) is 0 Å².